The maximum absolute atomic E-state index is 13.1. The maximum Gasteiger partial charge on any atom is 0.236 e. The zero-order valence-electron chi connectivity index (χ0n) is 16.4. The van der Waals surface area contributed by atoms with E-state index in [0.29, 0.717) is 13.1 Å². The van der Waals surface area contributed by atoms with Crippen LogP contribution >= 0.6 is 11.8 Å². The van der Waals surface area contributed by atoms with Gasteiger partial charge in [-0.2, -0.15) is 0 Å². The molecule has 6 nitrogen and oxygen atoms in total. The van der Waals surface area contributed by atoms with Crippen LogP contribution in [0.5, 0.6) is 0 Å². The van der Waals surface area contributed by atoms with Gasteiger partial charge in [0.05, 0.1) is 5.25 Å². The first-order valence-electron chi connectivity index (χ1n) is 9.64. The molecule has 0 fully saturated rings. The number of benzene rings is 1. The monoisotopic (exact) mass is 405 g/mol. The lowest BCUT2D eigenvalue weighted by Crippen LogP contribution is -2.40. The molecule has 1 aliphatic heterocycles. The highest BCUT2D eigenvalue weighted by atomic mass is 32.2. The number of fused-ring (bicyclic) bond motifs is 1. The summed E-state index contributed by atoms with van der Waals surface area (Å²) < 4.78 is 1.99. The summed E-state index contributed by atoms with van der Waals surface area (Å²) in [7, 11) is 0. The number of pyridine rings is 1. The van der Waals surface area contributed by atoms with Crippen molar-refractivity contribution in [2.24, 2.45) is 0 Å². The van der Waals surface area contributed by atoms with Crippen LogP contribution < -0.4 is 0 Å². The topological polar surface area (TPSA) is 63.9 Å². The van der Waals surface area contributed by atoms with Crippen LogP contribution in [0, 0.1) is 0 Å². The number of allylic oxidation sites excluding steroid dienone is 1. The Morgan fingerprint density at radius 1 is 1.21 bits per heavy atom. The van der Waals surface area contributed by atoms with Crippen molar-refractivity contribution in [3.05, 3.63) is 72.6 Å². The Balaban J connectivity index is 1.51. The van der Waals surface area contributed by atoms with Gasteiger partial charge in [0.15, 0.2) is 11.0 Å². The summed E-state index contributed by atoms with van der Waals surface area (Å²) in [6.45, 7) is 7.78. The third-order valence-electron chi connectivity index (χ3n) is 5.04. The average molecular weight is 406 g/mol. The molecule has 7 heteroatoms. The number of nitrogens with zero attached hydrogens (tertiary/aromatic N) is 5. The summed E-state index contributed by atoms with van der Waals surface area (Å²) in [5.41, 5.74) is 3.51. The molecular formula is C22H23N5OS. The molecule has 1 unspecified atom stereocenters. The van der Waals surface area contributed by atoms with Gasteiger partial charge in [-0.05, 0) is 36.6 Å². The van der Waals surface area contributed by atoms with E-state index in [1.54, 1.807) is 12.4 Å². The second-order valence-corrected chi connectivity index (χ2v) is 8.29. The summed E-state index contributed by atoms with van der Waals surface area (Å²) in [5.74, 6) is 0.879. The number of hydrogen-bond donors (Lipinski definition) is 0. The van der Waals surface area contributed by atoms with Crippen LogP contribution in [0.15, 0.2) is 66.6 Å². The van der Waals surface area contributed by atoms with Gasteiger partial charge in [0.2, 0.25) is 5.91 Å². The predicted octanol–water partition coefficient (Wildman–Crippen LogP) is 3.59. The minimum absolute atomic E-state index is 0.128. The van der Waals surface area contributed by atoms with E-state index in [1.165, 1.54) is 22.9 Å². The minimum atomic E-state index is -0.252. The molecule has 0 radical (unpaired) electrons. The molecule has 3 heterocycles. The molecule has 0 N–H and O–H groups in total. The number of hydrogen-bond acceptors (Lipinski definition) is 5. The van der Waals surface area contributed by atoms with Gasteiger partial charge in [-0.25, -0.2) is 0 Å². The van der Waals surface area contributed by atoms with Crippen molar-refractivity contribution in [3.8, 4) is 11.4 Å². The molecule has 3 aromatic rings. The highest BCUT2D eigenvalue weighted by molar-refractivity contribution is 8.00. The molecule has 0 spiro atoms. The summed E-state index contributed by atoms with van der Waals surface area (Å²) >= 11 is 1.44. The number of rotatable bonds is 6. The van der Waals surface area contributed by atoms with Crippen LogP contribution in [-0.4, -0.2) is 42.4 Å². The van der Waals surface area contributed by atoms with Crippen LogP contribution in [0.4, 0.5) is 0 Å². The second kappa shape index (κ2) is 8.61. The number of aromatic nitrogens is 4. The maximum atomic E-state index is 13.1. The summed E-state index contributed by atoms with van der Waals surface area (Å²) in [6, 6.07) is 12.1. The highest BCUT2D eigenvalue weighted by Crippen LogP contribution is 2.29. The first-order chi connectivity index (χ1) is 14.2. The van der Waals surface area contributed by atoms with E-state index in [0.717, 1.165) is 29.5 Å². The van der Waals surface area contributed by atoms with Crippen molar-refractivity contribution >= 4 is 17.7 Å². The first-order valence-corrected chi connectivity index (χ1v) is 10.5. The van der Waals surface area contributed by atoms with Gasteiger partial charge in [-0.1, -0.05) is 42.1 Å². The van der Waals surface area contributed by atoms with Crippen molar-refractivity contribution in [3.63, 3.8) is 0 Å². The number of amides is 1. The normalized spacial score (nSPS) is 14.3. The van der Waals surface area contributed by atoms with Gasteiger partial charge < -0.3 is 4.90 Å². The number of carbonyl (C=O) groups excluding carboxylic acids is 1. The van der Waals surface area contributed by atoms with E-state index in [1.807, 2.05) is 40.7 Å². The van der Waals surface area contributed by atoms with Crippen molar-refractivity contribution in [2.75, 3.05) is 6.54 Å². The molecule has 0 aliphatic carbocycles. The molecule has 0 saturated heterocycles. The molecule has 148 valence electrons. The van der Waals surface area contributed by atoms with Crippen LogP contribution in [0.1, 0.15) is 18.1 Å². The quantitative estimate of drug-likeness (QED) is 0.463. The average Bonchev–Trinajstić information content (AvgIpc) is 3.16. The fourth-order valence-corrected chi connectivity index (χ4v) is 4.48. The van der Waals surface area contributed by atoms with Gasteiger partial charge in [0.1, 0.15) is 0 Å². The molecule has 0 saturated carbocycles. The zero-order valence-corrected chi connectivity index (χ0v) is 17.2. The lowest BCUT2D eigenvalue weighted by molar-refractivity contribution is -0.131. The Bertz CT molecular complexity index is 1020. The fourth-order valence-electron chi connectivity index (χ4n) is 3.53. The summed E-state index contributed by atoms with van der Waals surface area (Å²) in [5, 5.41) is 9.17. The Morgan fingerprint density at radius 3 is 2.72 bits per heavy atom. The summed E-state index contributed by atoms with van der Waals surface area (Å²) in [4.78, 5) is 19.1. The molecule has 4 rings (SSSR count). The van der Waals surface area contributed by atoms with E-state index < -0.39 is 0 Å². The van der Waals surface area contributed by atoms with Crippen LogP contribution in [0.25, 0.3) is 11.4 Å². The Morgan fingerprint density at radius 2 is 1.97 bits per heavy atom. The third-order valence-corrected chi connectivity index (χ3v) is 6.11. The highest BCUT2D eigenvalue weighted by Gasteiger charge is 2.27. The van der Waals surface area contributed by atoms with Crippen molar-refractivity contribution in [1.82, 2.24) is 24.6 Å². The Hall–Kier alpha value is -2.93. The minimum Gasteiger partial charge on any atom is -0.337 e. The molecule has 1 amide bonds. The lowest BCUT2D eigenvalue weighted by atomic mass is 10.00. The van der Waals surface area contributed by atoms with E-state index in [4.69, 9.17) is 0 Å². The molecule has 2 aromatic heterocycles. The van der Waals surface area contributed by atoms with Gasteiger partial charge >= 0.3 is 0 Å². The van der Waals surface area contributed by atoms with Crippen molar-refractivity contribution in [1.29, 1.82) is 0 Å². The molecule has 1 aliphatic rings. The fraction of sp³-hybridized carbons (Fsp3) is 0.273. The van der Waals surface area contributed by atoms with Crippen molar-refractivity contribution < 1.29 is 4.79 Å². The molecule has 1 aromatic carbocycles. The zero-order chi connectivity index (χ0) is 20.2. The largest absolute Gasteiger partial charge is 0.337 e. The van der Waals surface area contributed by atoms with Gasteiger partial charge in [0.25, 0.3) is 0 Å². The lowest BCUT2D eigenvalue weighted by Gasteiger charge is -2.30. The van der Waals surface area contributed by atoms with Gasteiger partial charge in [0, 0.05) is 37.6 Å². The van der Waals surface area contributed by atoms with E-state index in [9.17, 15) is 4.79 Å². The Labute approximate surface area is 174 Å². The second-order valence-electron chi connectivity index (χ2n) is 6.98. The van der Waals surface area contributed by atoms with Crippen LogP contribution in [0.3, 0.4) is 0 Å². The van der Waals surface area contributed by atoms with E-state index >= 15 is 0 Å². The van der Waals surface area contributed by atoms with Gasteiger partial charge in [-0.15, -0.1) is 16.8 Å². The standard InChI is InChI=1S/C22H23N5OS/c1-3-13-27-20(18-8-11-23-12-9-18)24-25-22(27)29-16(2)21(28)26-14-10-17-6-4-5-7-19(17)15-26/h3-9,11-12,16H,1,10,13-15H2,2H3. The number of thioether (sulfide) groups is 1. The summed E-state index contributed by atoms with van der Waals surface area (Å²) in [6.07, 6.45) is 6.18. The van der Waals surface area contributed by atoms with E-state index in [-0.39, 0.29) is 11.2 Å². The van der Waals surface area contributed by atoms with Gasteiger partial charge in [-0.3, -0.25) is 14.3 Å². The molecular weight excluding hydrogens is 382 g/mol. The van der Waals surface area contributed by atoms with E-state index in [2.05, 4.69) is 40.0 Å². The Kier molecular flexibility index (Phi) is 5.76. The van der Waals surface area contributed by atoms with Crippen molar-refractivity contribution in [2.45, 2.75) is 36.8 Å². The molecule has 0 bridgehead atoms. The first kappa shape index (κ1) is 19.4. The molecule has 29 heavy (non-hydrogen) atoms. The molecule has 1 atom stereocenters. The smallest absolute Gasteiger partial charge is 0.236 e. The SMILES string of the molecule is C=CCn1c(SC(C)C(=O)N2CCc3ccccc3C2)nnc1-c1ccncc1. The van der Waals surface area contributed by atoms with Crippen LogP contribution in [0.2, 0.25) is 0 Å². The predicted molar refractivity (Wildman–Crippen MR) is 114 cm³/mol. The third kappa shape index (κ3) is 4.10. The number of carbonyl (C=O) groups is 1. The van der Waals surface area contributed by atoms with Crippen LogP contribution in [-0.2, 0) is 24.3 Å².